The zero-order chi connectivity index (χ0) is 19.7. The van der Waals surface area contributed by atoms with Crippen molar-refractivity contribution >= 4 is 17.8 Å². The van der Waals surface area contributed by atoms with Gasteiger partial charge in [0.2, 0.25) is 11.8 Å². The van der Waals surface area contributed by atoms with Crippen molar-refractivity contribution in [1.29, 1.82) is 0 Å². The molecule has 7 heteroatoms. The molecule has 0 spiro atoms. The standard InChI is InChI=1S/C19H35N3O4/c1-13(2)12-26-16(23)11-15(19(25)22-9-7-6-8-10-22)21-18(24)17(20-5)14(3)4/h13-15,17,20H,6-12H2,1-5H3,(H,21,24)/t15-,17-/m0/s1. The van der Waals surface area contributed by atoms with Gasteiger partial charge in [0.05, 0.1) is 19.1 Å². The Balaban J connectivity index is 2.80. The Bertz CT molecular complexity index is 473. The van der Waals surface area contributed by atoms with Crippen LogP contribution in [-0.4, -0.2) is 61.5 Å². The SMILES string of the molecule is CN[C@H](C(=O)N[C@@H](CC(=O)OCC(C)C)C(=O)N1CCCCC1)C(C)C. The highest BCUT2D eigenvalue weighted by atomic mass is 16.5. The lowest BCUT2D eigenvalue weighted by Gasteiger charge is -2.31. The molecule has 1 aliphatic heterocycles. The third kappa shape index (κ3) is 7.32. The van der Waals surface area contributed by atoms with Gasteiger partial charge in [-0.15, -0.1) is 0 Å². The van der Waals surface area contributed by atoms with Gasteiger partial charge >= 0.3 is 5.97 Å². The molecule has 0 aliphatic carbocycles. The molecule has 0 unspecified atom stereocenters. The third-order valence-corrected chi connectivity index (χ3v) is 4.49. The second-order valence-corrected chi connectivity index (χ2v) is 7.74. The molecule has 2 atom stereocenters. The fourth-order valence-corrected chi connectivity index (χ4v) is 3.05. The van der Waals surface area contributed by atoms with Gasteiger partial charge in [-0.1, -0.05) is 27.7 Å². The number of carbonyl (C=O) groups excluding carboxylic acids is 3. The van der Waals surface area contributed by atoms with E-state index in [1.54, 1.807) is 11.9 Å². The van der Waals surface area contributed by atoms with Gasteiger partial charge in [-0.2, -0.15) is 0 Å². The number of piperidine rings is 1. The lowest BCUT2D eigenvalue weighted by Crippen LogP contribution is -2.55. The molecule has 2 amide bonds. The molecule has 0 aromatic heterocycles. The van der Waals surface area contributed by atoms with E-state index in [-0.39, 0.29) is 30.1 Å². The number of nitrogens with zero attached hydrogens (tertiary/aromatic N) is 1. The molecule has 7 nitrogen and oxygen atoms in total. The van der Waals surface area contributed by atoms with Gasteiger partial charge in [-0.3, -0.25) is 14.4 Å². The van der Waals surface area contributed by atoms with Crippen LogP contribution in [0.3, 0.4) is 0 Å². The summed E-state index contributed by atoms with van der Waals surface area (Å²) in [7, 11) is 1.71. The maximum Gasteiger partial charge on any atom is 0.308 e. The molecule has 1 heterocycles. The van der Waals surface area contributed by atoms with E-state index in [2.05, 4.69) is 10.6 Å². The minimum atomic E-state index is -0.880. The number of hydrogen-bond donors (Lipinski definition) is 2. The topological polar surface area (TPSA) is 87.7 Å². The monoisotopic (exact) mass is 369 g/mol. The number of nitrogens with one attached hydrogen (secondary N) is 2. The average molecular weight is 370 g/mol. The Hall–Kier alpha value is -1.63. The molecule has 1 saturated heterocycles. The van der Waals surface area contributed by atoms with Gasteiger partial charge in [-0.25, -0.2) is 0 Å². The summed E-state index contributed by atoms with van der Waals surface area (Å²) in [6.07, 6.45) is 2.87. The van der Waals surface area contributed by atoms with Gasteiger partial charge in [0.25, 0.3) is 0 Å². The first-order chi connectivity index (χ1) is 12.3. The Morgan fingerprint density at radius 1 is 1.04 bits per heavy atom. The van der Waals surface area contributed by atoms with Crippen LogP contribution in [0, 0.1) is 11.8 Å². The molecule has 0 bridgehead atoms. The van der Waals surface area contributed by atoms with E-state index < -0.39 is 18.1 Å². The lowest BCUT2D eigenvalue weighted by molar-refractivity contribution is -0.149. The van der Waals surface area contributed by atoms with Crippen LogP contribution in [0.1, 0.15) is 53.4 Å². The molecule has 150 valence electrons. The molecule has 26 heavy (non-hydrogen) atoms. The largest absolute Gasteiger partial charge is 0.465 e. The Morgan fingerprint density at radius 2 is 1.65 bits per heavy atom. The normalized spacial score (nSPS) is 17.1. The third-order valence-electron chi connectivity index (χ3n) is 4.49. The summed E-state index contributed by atoms with van der Waals surface area (Å²) in [5.74, 6) is -0.634. The van der Waals surface area contributed by atoms with E-state index in [4.69, 9.17) is 4.74 Å². The van der Waals surface area contributed by atoms with Gasteiger partial charge < -0.3 is 20.3 Å². The molecular weight excluding hydrogens is 334 g/mol. The number of carbonyl (C=O) groups is 3. The van der Waals surface area contributed by atoms with Crippen molar-refractivity contribution in [3.8, 4) is 0 Å². The first-order valence-electron chi connectivity index (χ1n) is 9.68. The second-order valence-electron chi connectivity index (χ2n) is 7.74. The highest BCUT2D eigenvalue weighted by molar-refractivity contribution is 5.92. The number of rotatable bonds is 9. The quantitative estimate of drug-likeness (QED) is 0.599. The van der Waals surface area contributed by atoms with Crippen molar-refractivity contribution in [2.75, 3.05) is 26.7 Å². The minimum absolute atomic E-state index is 0.0682. The maximum atomic E-state index is 12.9. The molecule has 0 aromatic rings. The molecule has 0 radical (unpaired) electrons. The van der Waals surface area contributed by atoms with Crippen LogP contribution in [0.15, 0.2) is 0 Å². The first kappa shape index (κ1) is 22.4. The average Bonchev–Trinajstić information content (AvgIpc) is 2.59. The Kier molecular flexibility index (Phi) is 9.62. The molecule has 1 fully saturated rings. The van der Waals surface area contributed by atoms with Gasteiger partial charge in [-0.05, 0) is 38.1 Å². The zero-order valence-corrected chi connectivity index (χ0v) is 16.8. The summed E-state index contributed by atoms with van der Waals surface area (Å²) < 4.78 is 5.21. The molecule has 2 N–H and O–H groups in total. The van der Waals surface area contributed by atoms with Crippen molar-refractivity contribution < 1.29 is 19.1 Å². The van der Waals surface area contributed by atoms with E-state index in [9.17, 15) is 14.4 Å². The molecule has 1 aliphatic rings. The molecule has 1 rings (SSSR count). The molecular formula is C19H35N3O4. The van der Waals surface area contributed by atoms with E-state index in [0.29, 0.717) is 19.7 Å². The van der Waals surface area contributed by atoms with Crippen LogP contribution < -0.4 is 10.6 Å². The molecule has 0 saturated carbocycles. The van der Waals surface area contributed by atoms with Crippen LogP contribution in [0.4, 0.5) is 0 Å². The van der Waals surface area contributed by atoms with Crippen molar-refractivity contribution in [3.05, 3.63) is 0 Å². The van der Waals surface area contributed by atoms with Crippen molar-refractivity contribution in [1.82, 2.24) is 15.5 Å². The number of hydrogen-bond acceptors (Lipinski definition) is 5. The van der Waals surface area contributed by atoms with Crippen LogP contribution >= 0.6 is 0 Å². The summed E-state index contributed by atoms with van der Waals surface area (Å²) in [5.41, 5.74) is 0. The zero-order valence-electron chi connectivity index (χ0n) is 16.8. The predicted octanol–water partition coefficient (Wildman–Crippen LogP) is 1.32. The summed E-state index contributed by atoms with van der Waals surface area (Å²) in [4.78, 5) is 39.3. The number of ether oxygens (including phenoxy) is 1. The van der Waals surface area contributed by atoms with Crippen LogP contribution in [-0.2, 0) is 19.1 Å². The maximum absolute atomic E-state index is 12.9. The highest BCUT2D eigenvalue weighted by Gasteiger charge is 2.32. The van der Waals surface area contributed by atoms with E-state index in [1.807, 2.05) is 27.7 Å². The van der Waals surface area contributed by atoms with E-state index in [0.717, 1.165) is 19.3 Å². The lowest BCUT2D eigenvalue weighted by atomic mass is 10.0. The first-order valence-corrected chi connectivity index (χ1v) is 9.68. The Labute approximate surface area is 157 Å². The van der Waals surface area contributed by atoms with Crippen LogP contribution in [0.5, 0.6) is 0 Å². The summed E-state index contributed by atoms with van der Waals surface area (Å²) in [6, 6.07) is -1.30. The summed E-state index contributed by atoms with van der Waals surface area (Å²) >= 11 is 0. The predicted molar refractivity (Wildman–Crippen MR) is 100 cm³/mol. The number of amides is 2. The summed E-state index contributed by atoms with van der Waals surface area (Å²) in [6.45, 7) is 9.41. The van der Waals surface area contributed by atoms with Crippen molar-refractivity contribution in [2.24, 2.45) is 11.8 Å². The van der Waals surface area contributed by atoms with Gasteiger partial charge in [0.15, 0.2) is 0 Å². The smallest absolute Gasteiger partial charge is 0.308 e. The fraction of sp³-hybridized carbons (Fsp3) is 0.842. The van der Waals surface area contributed by atoms with Crippen molar-refractivity contribution in [3.63, 3.8) is 0 Å². The second kappa shape index (κ2) is 11.2. The number of likely N-dealkylation sites (tertiary alicyclic amines) is 1. The van der Waals surface area contributed by atoms with E-state index in [1.165, 1.54) is 0 Å². The summed E-state index contributed by atoms with van der Waals surface area (Å²) in [5, 5.41) is 5.74. The number of esters is 1. The Morgan fingerprint density at radius 3 is 2.15 bits per heavy atom. The van der Waals surface area contributed by atoms with Crippen molar-refractivity contribution in [2.45, 2.75) is 65.5 Å². The van der Waals surface area contributed by atoms with Gasteiger partial charge in [0, 0.05) is 13.1 Å². The van der Waals surface area contributed by atoms with Gasteiger partial charge in [0.1, 0.15) is 6.04 Å². The van der Waals surface area contributed by atoms with Crippen LogP contribution in [0.25, 0.3) is 0 Å². The molecule has 0 aromatic carbocycles. The van der Waals surface area contributed by atoms with E-state index >= 15 is 0 Å². The fourth-order valence-electron chi connectivity index (χ4n) is 3.05. The highest BCUT2D eigenvalue weighted by Crippen LogP contribution is 2.12. The number of likely N-dealkylation sites (N-methyl/N-ethyl adjacent to an activating group) is 1. The minimum Gasteiger partial charge on any atom is -0.465 e. The van der Waals surface area contributed by atoms with Crippen LogP contribution in [0.2, 0.25) is 0 Å².